The predicted octanol–water partition coefficient (Wildman–Crippen LogP) is 4.91. The molecule has 23 heavy (non-hydrogen) atoms. The Hall–Kier alpha value is -2.08. The zero-order valence-corrected chi connectivity index (χ0v) is 14.4. The van der Waals surface area contributed by atoms with E-state index < -0.39 is 11.9 Å². The lowest BCUT2D eigenvalue weighted by molar-refractivity contribution is 0.187. The topological polar surface area (TPSA) is 47.6 Å². The summed E-state index contributed by atoms with van der Waals surface area (Å²) in [4.78, 5) is 11.4. The molecule has 0 saturated carbocycles. The van der Waals surface area contributed by atoms with Crippen LogP contribution in [0.25, 0.3) is 0 Å². The Bertz CT molecular complexity index is 706. The summed E-state index contributed by atoms with van der Waals surface area (Å²) >= 11 is 3.41. The lowest BCUT2D eigenvalue weighted by Gasteiger charge is -2.14. The van der Waals surface area contributed by atoms with Gasteiger partial charge >= 0.3 is 6.09 Å². The first-order chi connectivity index (χ1) is 11.0. The van der Waals surface area contributed by atoms with Crippen LogP contribution in [-0.4, -0.2) is 13.2 Å². The molecule has 2 aromatic rings. The largest absolute Gasteiger partial charge is 0.486 e. The number of amides is 1. The van der Waals surface area contributed by atoms with E-state index in [2.05, 4.69) is 26.0 Å². The van der Waals surface area contributed by atoms with Gasteiger partial charge in [0.05, 0.1) is 12.8 Å². The number of halogens is 2. The smallest absolute Gasteiger partial charge is 0.411 e. The number of aryl methyl sites for hydroxylation is 1. The molecule has 6 heteroatoms. The van der Waals surface area contributed by atoms with Crippen molar-refractivity contribution < 1.29 is 18.7 Å². The maximum Gasteiger partial charge on any atom is 0.411 e. The molecule has 0 aliphatic heterocycles. The van der Waals surface area contributed by atoms with Crippen molar-refractivity contribution in [3.8, 4) is 5.75 Å². The van der Waals surface area contributed by atoms with Gasteiger partial charge in [-0.25, -0.2) is 9.18 Å². The molecule has 0 aliphatic rings. The van der Waals surface area contributed by atoms with Crippen LogP contribution in [0, 0.1) is 5.82 Å². The number of benzene rings is 2. The zero-order valence-electron chi connectivity index (χ0n) is 12.9. The SMILES string of the molecule is CCc1ccc(OCc2c(Br)cccc2NC(=O)OC)c(F)c1. The summed E-state index contributed by atoms with van der Waals surface area (Å²) in [7, 11) is 1.29. The second kappa shape index (κ2) is 7.97. The van der Waals surface area contributed by atoms with E-state index in [0.717, 1.165) is 16.5 Å². The Morgan fingerprint density at radius 3 is 2.74 bits per heavy atom. The van der Waals surface area contributed by atoms with Gasteiger partial charge in [0.1, 0.15) is 6.61 Å². The van der Waals surface area contributed by atoms with E-state index in [9.17, 15) is 9.18 Å². The maximum absolute atomic E-state index is 14.0. The zero-order chi connectivity index (χ0) is 16.8. The number of nitrogens with one attached hydrogen (secondary N) is 1. The third-order valence-electron chi connectivity index (χ3n) is 3.32. The van der Waals surface area contributed by atoms with Crippen molar-refractivity contribution in [2.24, 2.45) is 0 Å². The molecule has 0 spiro atoms. The Kier molecular flexibility index (Phi) is 5.98. The van der Waals surface area contributed by atoms with E-state index in [1.165, 1.54) is 13.2 Å². The lowest BCUT2D eigenvalue weighted by atomic mass is 10.1. The molecule has 0 aliphatic carbocycles. The van der Waals surface area contributed by atoms with Gasteiger partial charge in [0, 0.05) is 10.0 Å². The second-order valence-corrected chi connectivity index (χ2v) is 5.64. The summed E-state index contributed by atoms with van der Waals surface area (Å²) in [6.07, 6.45) is 0.178. The van der Waals surface area contributed by atoms with Gasteiger partial charge in [-0.15, -0.1) is 0 Å². The number of rotatable bonds is 5. The predicted molar refractivity (Wildman–Crippen MR) is 90.3 cm³/mol. The average molecular weight is 382 g/mol. The minimum atomic E-state index is -0.581. The Morgan fingerprint density at radius 1 is 1.30 bits per heavy atom. The number of anilines is 1. The standard InChI is InChI=1S/C17H17BrFNO3/c1-3-11-7-8-16(14(19)9-11)23-10-12-13(18)5-4-6-15(12)20-17(21)22-2/h4-9H,3,10H2,1-2H3,(H,20,21). The fourth-order valence-corrected chi connectivity index (χ4v) is 2.50. The van der Waals surface area contributed by atoms with Gasteiger partial charge < -0.3 is 9.47 Å². The highest BCUT2D eigenvalue weighted by Gasteiger charge is 2.12. The molecule has 1 N–H and O–H groups in total. The normalized spacial score (nSPS) is 10.3. The van der Waals surface area contributed by atoms with E-state index in [1.54, 1.807) is 18.2 Å². The molecule has 0 aromatic heterocycles. The third kappa shape index (κ3) is 4.45. The van der Waals surface area contributed by atoms with Crippen LogP contribution in [0.3, 0.4) is 0 Å². The number of carbonyl (C=O) groups is 1. The average Bonchev–Trinajstić information content (AvgIpc) is 2.55. The van der Waals surface area contributed by atoms with Crippen molar-refractivity contribution in [3.05, 3.63) is 57.8 Å². The fourth-order valence-electron chi connectivity index (χ4n) is 2.01. The molecule has 0 saturated heterocycles. The minimum absolute atomic E-state index is 0.100. The molecular weight excluding hydrogens is 365 g/mol. The van der Waals surface area contributed by atoms with Crippen LogP contribution in [0.15, 0.2) is 40.9 Å². The number of ether oxygens (including phenoxy) is 2. The summed E-state index contributed by atoms with van der Waals surface area (Å²) in [5.41, 5.74) is 2.14. The summed E-state index contributed by atoms with van der Waals surface area (Å²) in [6.45, 7) is 2.06. The highest BCUT2D eigenvalue weighted by Crippen LogP contribution is 2.27. The molecule has 0 atom stereocenters. The molecule has 1 amide bonds. The molecule has 0 bridgehead atoms. The summed E-state index contributed by atoms with van der Waals surface area (Å²) in [6, 6.07) is 10.2. The Labute approximate surface area is 142 Å². The van der Waals surface area contributed by atoms with Crippen LogP contribution in [0.1, 0.15) is 18.1 Å². The lowest BCUT2D eigenvalue weighted by Crippen LogP contribution is -2.13. The van der Waals surface area contributed by atoms with E-state index >= 15 is 0 Å². The second-order valence-electron chi connectivity index (χ2n) is 4.79. The van der Waals surface area contributed by atoms with Crippen molar-refractivity contribution in [3.63, 3.8) is 0 Å². The van der Waals surface area contributed by atoms with E-state index in [0.29, 0.717) is 11.3 Å². The van der Waals surface area contributed by atoms with Crippen LogP contribution in [0.5, 0.6) is 5.75 Å². The third-order valence-corrected chi connectivity index (χ3v) is 4.06. The minimum Gasteiger partial charge on any atom is -0.486 e. The number of hydrogen-bond acceptors (Lipinski definition) is 3. The van der Waals surface area contributed by atoms with Gasteiger partial charge in [0.15, 0.2) is 11.6 Å². The summed E-state index contributed by atoms with van der Waals surface area (Å²) in [5.74, 6) is -0.235. The molecule has 0 heterocycles. The van der Waals surface area contributed by atoms with Gasteiger partial charge in [0.2, 0.25) is 0 Å². The van der Waals surface area contributed by atoms with Gasteiger partial charge in [0.25, 0.3) is 0 Å². The fraction of sp³-hybridized carbons (Fsp3) is 0.235. The molecule has 0 radical (unpaired) electrons. The van der Waals surface area contributed by atoms with Crippen molar-refractivity contribution in [1.29, 1.82) is 0 Å². The monoisotopic (exact) mass is 381 g/mol. The van der Waals surface area contributed by atoms with Gasteiger partial charge in [-0.05, 0) is 36.2 Å². The van der Waals surface area contributed by atoms with Crippen LogP contribution < -0.4 is 10.1 Å². The van der Waals surface area contributed by atoms with Crippen LogP contribution >= 0.6 is 15.9 Å². The first-order valence-corrected chi connectivity index (χ1v) is 7.88. The Balaban J connectivity index is 2.18. The molecule has 2 rings (SSSR count). The first kappa shape index (κ1) is 17.3. The molecular formula is C17H17BrFNO3. The van der Waals surface area contributed by atoms with Crippen LogP contribution in [-0.2, 0) is 17.8 Å². The van der Waals surface area contributed by atoms with Crippen molar-refractivity contribution >= 4 is 27.7 Å². The van der Waals surface area contributed by atoms with Gasteiger partial charge in [-0.2, -0.15) is 0 Å². The van der Waals surface area contributed by atoms with Crippen LogP contribution in [0.2, 0.25) is 0 Å². The maximum atomic E-state index is 14.0. The highest BCUT2D eigenvalue weighted by molar-refractivity contribution is 9.10. The highest BCUT2D eigenvalue weighted by atomic mass is 79.9. The Morgan fingerprint density at radius 2 is 2.09 bits per heavy atom. The van der Waals surface area contributed by atoms with Crippen molar-refractivity contribution in [1.82, 2.24) is 0 Å². The number of methoxy groups -OCH3 is 1. The van der Waals surface area contributed by atoms with E-state index in [-0.39, 0.29) is 12.4 Å². The summed E-state index contributed by atoms with van der Waals surface area (Å²) < 4.78 is 24.9. The molecule has 2 aromatic carbocycles. The first-order valence-electron chi connectivity index (χ1n) is 7.08. The van der Waals surface area contributed by atoms with Crippen molar-refractivity contribution in [2.45, 2.75) is 20.0 Å². The molecule has 4 nitrogen and oxygen atoms in total. The van der Waals surface area contributed by atoms with E-state index in [4.69, 9.17) is 4.74 Å². The molecule has 0 fully saturated rings. The molecule has 0 unspecified atom stereocenters. The van der Waals surface area contributed by atoms with Crippen LogP contribution in [0.4, 0.5) is 14.9 Å². The molecule has 122 valence electrons. The van der Waals surface area contributed by atoms with E-state index in [1.807, 2.05) is 19.1 Å². The van der Waals surface area contributed by atoms with Gasteiger partial charge in [-0.3, -0.25) is 5.32 Å². The van der Waals surface area contributed by atoms with Gasteiger partial charge in [-0.1, -0.05) is 35.0 Å². The number of carbonyl (C=O) groups excluding carboxylic acids is 1. The summed E-state index contributed by atoms with van der Waals surface area (Å²) in [5, 5.41) is 2.61. The number of hydrogen-bond donors (Lipinski definition) is 1. The van der Waals surface area contributed by atoms with Crippen molar-refractivity contribution in [2.75, 3.05) is 12.4 Å². The quantitative estimate of drug-likeness (QED) is 0.800.